The van der Waals surface area contributed by atoms with Crippen LogP contribution in [-0.4, -0.2) is 40.1 Å². The predicted octanol–water partition coefficient (Wildman–Crippen LogP) is 3.49. The number of hydrogen-bond acceptors (Lipinski definition) is 2. The summed E-state index contributed by atoms with van der Waals surface area (Å²) in [7, 11) is 0. The summed E-state index contributed by atoms with van der Waals surface area (Å²) < 4.78 is 0. The molecule has 1 fully saturated rings. The molecule has 0 bridgehead atoms. The van der Waals surface area contributed by atoms with Crippen LogP contribution in [0.4, 0.5) is 5.69 Å². The standard InChI is InChI=1S/C20H29N3OS/c1-14-12-16-8-5-6-9-17(16)23(14)18(24)10-7-11-22-15(2)13-20(3,4)21-19(22)25/h5-6,8-9,14-15H,7,10-13H2,1-4H3,(H,21,25)/t14-,15+/m0/s1. The molecule has 2 aliphatic rings. The van der Waals surface area contributed by atoms with Crippen molar-refractivity contribution in [3.63, 3.8) is 0 Å². The van der Waals surface area contributed by atoms with E-state index in [1.807, 2.05) is 17.0 Å². The maximum atomic E-state index is 12.8. The van der Waals surface area contributed by atoms with Crippen molar-refractivity contribution in [1.82, 2.24) is 10.2 Å². The molecule has 2 aliphatic heterocycles. The van der Waals surface area contributed by atoms with Gasteiger partial charge in [0.1, 0.15) is 0 Å². The first-order valence-electron chi connectivity index (χ1n) is 9.27. The van der Waals surface area contributed by atoms with Crippen molar-refractivity contribution in [2.45, 2.75) is 71.0 Å². The van der Waals surface area contributed by atoms with Gasteiger partial charge in [0.25, 0.3) is 0 Å². The van der Waals surface area contributed by atoms with Crippen LogP contribution in [0, 0.1) is 0 Å². The van der Waals surface area contributed by atoms with Gasteiger partial charge in [-0.2, -0.15) is 0 Å². The van der Waals surface area contributed by atoms with E-state index in [1.54, 1.807) is 0 Å². The average molecular weight is 360 g/mol. The largest absolute Gasteiger partial charge is 0.358 e. The Morgan fingerprint density at radius 3 is 2.72 bits per heavy atom. The molecular formula is C20H29N3OS. The number of benzene rings is 1. The first-order chi connectivity index (χ1) is 11.8. The number of fused-ring (bicyclic) bond motifs is 1. The van der Waals surface area contributed by atoms with Crippen LogP contribution in [0.15, 0.2) is 24.3 Å². The normalized spacial score (nSPS) is 24.9. The van der Waals surface area contributed by atoms with Crippen molar-refractivity contribution in [3.05, 3.63) is 29.8 Å². The second kappa shape index (κ2) is 6.94. The summed E-state index contributed by atoms with van der Waals surface area (Å²) in [5.74, 6) is 0.223. The lowest BCUT2D eigenvalue weighted by Crippen LogP contribution is -2.60. The van der Waals surface area contributed by atoms with Gasteiger partial charge < -0.3 is 15.1 Å². The predicted molar refractivity (Wildman–Crippen MR) is 107 cm³/mol. The van der Waals surface area contributed by atoms with Crippen LogP contribution >= 0.6 is 12.2 Å². The van der Waals surface area contributed by atoms with Crippen molar-refractivity contribution in [2.75, 3.05) is 11.4 Å². The number of amides is 1. The molecule has 3 rings (SSSR count). The SMILES string of the molecule is C[C@@H]1CC(C)(C)NC(=S)N1CCCC(=O)N1c2ccccc2C[C@@H]1C. The lowest BCUT2D eigenvalue weighted by molar-refractivity contribution is -0.119. The van der Waals surface area contributed by atoms with Crippen molar-refractivity contribution in [3.8, 4) is 0 Å². The number of rotatable bonds is 4. The van der Waals surface area contributed by atoms with E-state index in [-0.39, 0.29) is 17.5 Å². The number of hydrogen-bond donors (Lipinski definition) is 1. The molecule has 2 heterocycles. The zero-order chi connectivity index (χ0) is 18.2. The number of anilines is 1. The average Bonchev–Trinajstić information content (AvgIpc) is 2.84. The molecule has 4 nitrogen and oxygen atoms in total. The molecule has 1 aromatic rings. The molecule has 1 amide bonds. The van der Waals surface area contributed by atoms with Crippen LogP contribution in [0.5, 0.6) is 0 Å². The fraction of sp³-hybridized carbons (Fsp3) is 0.600. The van der Waals surface area contributed by atoms with Crippen molar-refractivity contribution >= 4 is 28.9 Å². The topological polar surface area (TPSA) is 35.6 Å². The van der Waals surface area contributed by atoms with E-state index in [4.69, 9.17) is 12.2 Å². The molecule has 5 heteroatoms. The molecule has 2 atom stereocenters. The van der Waals surface area contributed by atoms with Gasteiger partial charge in [-0.15, -0.1) is 0 Å². The van der Waals surface area contributed by atoms with Gasteiger partial charge in [0.05, 0.1) is 0 Å². The Bertz CT molecular complexity index is 673. The molecule has 1 N–H and O–H groups in total. The molecule has 0 saturated carbocycles. The number of para-hydroxylation sites is 1. The second-order valence-electron chi connectivity index (χ2n) is 8.11. The first kappa shape index (κ1) is 18.2. The summed E-state index contributed by atoms with van der Waals surface area (Å²) >= 11 is 5.53. The Morgan fingerprint density at radius 2 is 2.00 bits per heavy atom. The molecular weight excluding hydrogens is 330 g/mol. The molecule has 1 aromatic carbocycles. The quantitative estimate of drug-likeness (QED) is 0.835. The summed E-state index contributed by atoms with van der Waals surface area (Å²) in [6, 6.07) is 8.91. The van der Waals surface area contributed by atoms with Crippen LogP contribution in [0.3, 0.4) is 0 Å². The van der Waals surface area contributed by atoms with E-state index >= 15 is 0 Å². The Hall–Kier alpha value is -1.62. The van der Waals surface area contributed by atoms with Gasteiger partial charge in [-0.25, -0.2) is 0 Å². The highest BCUT2D eigenvalue weighted by Crippen LogP contribution is 2.32. The summed E-state index contributed by atoms with van der Waals surface area (Å²) in [4.78, 5) is 17.0. The minimum absolute atomic E-state index is 0.0531. The molecule has 0 aromatic heterocycles. The molecule has 0 aliphatic carbocycles. The van der Waals surface area contributed by atoms with Crippen molar-refractivity contribution in [1.29, 1.82) is 0 Å². The maximum Gasteiger partial charge on any atom is 0.227 e. The molecule has 0 unspecified atom stereocenters. The molecule has 25 heavy (non-hydrogen) atoms. The summed E-state index contributed by atoms with van der Waals surface area (Å²) in [6.07, 6.45) is 3.40. The summed E-state index contributed by atoms with van der Waals surface area (Å²) in [6.45, 7) is 9.55. The molecule has 136 valence electrons. The van der Waals surface area contributed by atoms with Crippen LogP contribution in [0.2, 0.25) is 0 Å². The second-order valence-corrected chi connectivity index (χ2v) is 8.50. The zero-order valence-electron chi connectivity index (χ0n) is 15.7. The van der Waals surface area contributed by atoms with Gasteiger partial charge in [0.15, 0.2) is 5.11 Å². The van der Waals surface area contributed by atoms with Crippen LogP contribution in [-0.2, 0) is 11.2 Å². The maximum absolute atomic E-state index is 12.8. The van der Waals surface area contributed by atoms with Gasteiger partial charge in [-0.1, -0.05) is 18.2 Å². The number of carbonyl (C=O) groups excluding carboxylic acids is 1. The van der Waals surface area contributed by atoms with Gasteiger partial charge in [0.2, 0.25) is 5.91 Å². The van der Waals surface area contributed by atoms with Gasteiger partial charge in [0, 0.05) is 36.3 Å². The highest BCUT2D eigenvalue weighted by molar-refractivity contribution is 7.80. The molecule has 0 radical (unpaired) electrons. The zero-order valence-corrected chi connectivity index (χ0v) is 16.5. The van der Waals surface area contributed by atoms with E-state index in [9.17, 15) is 4.79 Å². The lowest BCUT2D eigenvalue weighted by atomic mass is 9.93. The minimum atomic E-state index is 0.0531. The lowest BCUT2D eigenvalue weighted by Gasteiger charge is -2.44. The smallest absolute Gasteiger partial charge is 0.227 e. The Kier molecular flexibility index (Phi) is 5.05. The third kappa shape index (κ3) is 3.81. The van der Waals surface area contributed by atoms with Crippen LogP contribution in [0.1, 0.15) is 52.5 Å². The monoisotopic (exact) mass is 359 g/mol. The fourth-order valence-electron chi connectivity index (χ4n) is 4.25. The highest BCUT2D eigenvalue weighted by atomic mass is 32.1. The first-order valence-corrected chi connectivity index (χ1v) is 9.68. The Labute approximate surface area is 156 Å². The van der Waals surface area contributed by atoms with Crippen molar-refractivity contribution < 1.29 is 4.79 Å². The molecule has 1 saturated heterocycles. The number of carbonyl (C=O) groups is 1. The number of thiocarbonyl (C=S) groups is 1. The van der Waals surface area contributed by atoms with Gasteiger partial charge >= 0.3 is 0 Å². The van der Waals surface area contributed by atoms with Crippen LogP contribution in [0.25, 0.3) is 0 Å². The third-order valence-corrected chi connectivity index (χ3v) is 5.65. The van der Waals surface area contributed by atoms with E-state index in [0.29, 0.717) is 12.5 Å². The highest BCUT2D eigenvalue weighted by Gasteiger charge is 2.33. The number of nitrogens with one attached hydrogen (secondary N) is 1. The summed E-state index contributed by atoms with van der Waals surface area (Å²) in [5, 5.41) is 4.23. The Balaban J connectivity index is 1.56. The minimum Gasteiger partial charge on any atom is -0.358 e. The van der Waals surface area contributed by atoms with E-state index in [0.717, 1.165) is 36.6 Å². The molecule has 0 spiro atoms. The van der Waals surface area contributed by atoms with Crippen molar-refractivity contribution in [2.24, 2.45) is 0 Å². The van der Waals surface area contributed by atoms with Gasteiger partial charge in [-0.05, 0) is 70.8 Å². The fourth-order valence-corrected chi connectivity index (χ4v) is 4.80. The third-order valence-electron chi connectivity index (χ3n) is 5.31. The number of nitrogens with zero attached hydrogens (tertiary/aromatic N) is 2. The van der Waals surface area contributed by atoms with E-state index in [2.05, 4.69) is 50.0 Å². The van der Waals surface area contributed by atoms with E-state index < -0.39 is 0 Å². The van der Waals surface area contributed by atoms with Crippen LogP contribution < -0.4 is 10.2 Å². The van der Waals surface area contributed by atoms with E-state index in [1.165, 1.54) is 5.56 Å². The Morgan fingerprint density at radius 1 is 1.28 bits per heavy atom. The summed E-state index contributed by atoms with van der Waals surface area (Å²) in [5.41, 5.74) is 2.42. The van der Waals surface area contributed by atoms with Gasteiger partial charge in [-0.3, -0.25) is 4.79 Å².